The zero-order valence-corrected chi connectivity index (χ0v) is 12.1. The molecular formula is C16H20N2O2. The van der Waals surface area contributed by atoms with Gasteiger partial charge in [-0.1, -0.05) is 29.8 Å². The highest BCUT2D eigenvalue weighted by Crippen LogP contribution is 2.43. The van der Waals surface area contributed by atoms with Crippen molar-refractivity contribution in [1.82, 2.24) is 5.32 Å². The summed E-state index contributed by atoms with van der Waals surface area (Å²) in [4.78, 5) is 11.9. The molecule has 0 radical (unpaired) electrons. The Bertz CT molecular complexity index is 532. The lowest BCUT2D eigenvalue weighted by molar-refractivity contribution is -0.145. The van der Waals surface area contributed by atoms with Gasteiger partial charge >= 0.3 is 5.97 Å². The van der Waals surface area contributed by atoms with E-state index < -0.39 is 11.5 Å². The second kappa shape index (κ2) is 5.64. The summed E-state index contributed by atoms with van der Waals surface area (Å²) in [5.41, 5.74) is 1.60. The average Bonchev–Trinajstić information content (AvgIpc) is 2.79. The number of benzene rings is 1. The molecule has 2 rings (SSSR count). The summed E-state index contributed by atoms with van der Waals surface area (Å²) in [6, 6.07) is 9.86. The molecular weight excluding hydrogens is 252 g/mol. The predicted molar refractivity (Wildman–Crippen MR) is 75.8 cm³/mol. The number of ether oxygens (including phenoxy) is 1. The van der Waals surface area contributed by atoms with Gasteiger partial charge in [0.2, 0.25) is 0 Å². The molecule has 0 aliphatic carbocycles. The number of rotatable bonds is 3. The molecule has 1 aromatic rings. The molecule has 20 heavy (non-hydrogen) atoms. The van der Waals surface area contributed by atoms with Crippen LogP contribution in [-0.4, -0.2) is 18.6 Å². The zero-order chi connectivity index (χ0) is 14.8. The van der Waals surface area contributed by atoms with Gasteiger partial charge in [0.25, 0.3) is 0 Å². The predicted octanol–water partition coefficient (Wildman–Crippen LogP) is 2.49. The molecule has 3 atom stereocenters. The van der Waals surface area contributed by atoms with E-state index in [1.165, 1.54) is 5.56 Å². The number of nitrogens with zero attached hydrogens (tertiary/aromatic N) is 1. The first-order valence-electron chi connectivity index (χ1n) is 6.90. The lowest BCUT2D eigenvalue weighted by Gasteiger charge is -2.23. The second-order valence-electron chi connectivity index (χ2n) is 5.55. The first-order valence-corrected chi connectivity index (χ1v) is 6.90. The highest BCUT2D eigenvalue weighted by atomic mass is 16.5. The minimum absolute atomic E-state index is 0.150. The summed E-state index contributed by atoms with van der Waals surface area (Å²) in [6.45, 7) is 6.06. The van der Waals surface area contributed by atoms with E-state index in [2.05, 4.69) is 11.4 Å². The third kappa shape index (κ3) is 2.68. The molecule has 1 N–H and O–H groups in total. The van der Waals surface area contributed by atoms with Crippen molar-refractivity contribution < 1.29 is 9.53 Å². The monoisotopic (exact) mass is 272 g/mol. The molecule has 1 aliphatic rings. The standard InChI is InChI=1S/C16H20N2O2/c1-4-20-15(19)13-9-16(3,10-17)14(18-13)12-7-5-11(2)6-8-12/h5-8,13-14,18H,4,9H2,1-3H3/t13-,14?,16+/m0/s1. The maximum atomic E-state index is 11.9. The first kappa shape index (κ1) is 14.5. The molecule has 1 heterocycles. The summed E-state index contributed by atoms with van der Waals surface area (Å²) >= 11 is 0. The fraction of sp³-hybridized carbons (Fsp3) is 0.500. The van der Waals surface area contributed by atoms with Gasteiger partial charge in [0.15, 0.2) is 0 Å². The molecule has 1 unspecified atom stereocenters. The van der Waals surface area contributed by atoms with Crippen LogP contribution < -0.4 is 5.32 Å². The van der Waals surface area contributed by atoms with Gasteiger partial charge in [-0.25, -0.2) is 0 Å². The maximum absolute atomic E-state index is 11.9. The van der Waals surface area contributed by atoms with Crippen molar-refractivity contribution in [2.75, 3.05) is 6.61 Å². The highest BCUT2D eigenvalue weighted by molar-refractivity contribution is 5.76. The SMILES string of the molecule is CCOC(=O)[C@@H]1C[C@](C)(C#N)C(c2ccc(C)cc2)N1. The van der Waals surface area contributed by atoms with Gasteiger partial charge in [-0.3, -0.25) is 10.1 Å². The van der Waals surface area contributed by atoms with Crippen LogP contribution in [0.5, 0.6) is 0 Å². The van der Waals surface area contributed by atoms with Gasteiger partial charge in [0, 0.05) is 0 Å². The summed E-state index contributed by atoms with van der Waals surface area (Å²) in [7, 11) is 0. The van der Waals surface area contributed by atoms with Crippen molar-refractivity contribution in [2.24, 2.45) is 5.41 Å². The summed E-state index contributed by atoms with van der Waals surface area (Å²) in [5.74, 6) is -0.274. The Morgan fingerprint density at radius 3 is 2.70 bits per heavy atom. The molecule has 1 fully saturated rings. The fourth-order valence-corrected chi connectivity index (χ4v) is 2.71. The van der Waals surface area contributed by atoms with Crippen LogP contribution in [0.3, 0.4) is 0 Å². The number of carbonyl (C=O) groups is 1. The lowest BCUT2D eigenvalue weighted by atomic mass is 9.80. The average molecular weight is 272 g/mol. The van der Waals surface area contributed by atoms with Crippen molar-refractivity contribution in [2.45, 2.75) is 39.3 Å². The van der Waals surface area contributed by atoms with Gasteiger partial charge in [-0.05, 0) is 32.8 Å². The maximum Gasteiger partial charge on any atom is 0.323 e. The quantitative estimate of drug-likeness (QED) is 0.859. The molecule has 1 aliphatic heterocycles. The third-order valence-corrected chi connectivity index (χ3v) is 3.87. The smallest absolute Gasteiger partial charge is 0.323 e. The van der Waals surface area contributed by atoms with Crippen LogP contribution in [-0.2, 0) is 9.53 Å². The Kier molecular flexibility index (Phi) is 4.10. The van der Waals surface area contributed by atoms with E-state index in [1.807, 2.05) is 38.1 Å². The Hall–Kier alpha value is -1.86. The summed E-state index contributed by atoms with van der Waals surface area (Å²) < 4.78 is 5.06. The van der Waals surface area contributed by atoms with Gasteiger partial charge in [0.1, 0.15) is 6.04 Å². The Morgan fingerprint density at radius 2 is 2.15 bits per heavy atom. The number of esters is 1. The lowest BCUT2D eigenvalue weighted by Crippen LogP contribution is -2.34. The van der Waals surface area contributed by atoms with Crippen molar-refractivity contribution in [3.8, 4) is 6.07 Å². The third-order valence-electron chi connectivity index (χ3n) is 3.87. The van der Waals surface area contributed by atoms with E-state index in [0.717, 1.165) is 5.56 Å². The van der Waals surface area contributed by atoms with Crippen LogP contribution in [0.1, 0.15) is 37.4 Å². The molecule has 4 heteroatoms. The minimum atomic E-state index is -0.604. The van der Waals surface area contributed by atoms with E-state index in [1.54, 1.807) is 6.92 Å². The van der Waals surface area contributed by atoms with E-state index in [0.29, 0.717) is 13.0 Å². The molecule has 0 saturated carbocycles. The molecule has 106 valence electrons. The van der Waals surface area contributed by atoms with E-state index in [4.69, 9.17) is 4.74 Å². The summed E-state index contributed by atoms with van der Waals surface area (Å²) in [6.07, 6.45) is 0.473. The normalized spacial score (nSPS) is 28.9. The number of nitrogens with one attached hydrogen (secondary N) is 1. The van der Waals surface area contributed by atoms with E-state index in [-0.39, 0.29) is 12.0 Å². The summed E-state index contributed by atoms with van der Waals surface area (Å²) in [5, 5.41) is 12.8. The minimum Gasteiger partial charge on any atom is -0.465 e. The fourth-order valence-electron chi connectivity index (χ4n) is 2.71. The van der Waals surface area contributed by atoms with Gasteiger partial charge in [-0.15, -0.1) is 0 Å². The van der Waals surface area contributed by atoms with Crippen LogP contribution in [0.4, 0.5) is 0 Å². The van der Waals surface area contributed by atoms with Gasteiger partial charge < -0.3 is 4.74 Å². The van der Waals surface area contributed by atoms with Crippen LogP contribution in [0.15, 0.2) is 24.3 Å². The number of nitriles is 1. The largest absolute Gasteiger partial charge is 0.465 e. The van der Waals surface area contributed by atoms with Crippen LogP contribution >= 0.6 is 0 Å². The molecule has 4 nitrogen and oxygen atoms in total. The second-order valence-corrected chi connectivity index (χ2v) is 5.55. The van der Waals surface area contributed by atoms with Crippen LogP contribution in [0.25, 0.3) is 0 Å². The molecule has 0 bridgehead atoms. The number of carbonyl (C=O) groups excluding carboxylic acids is 1. The van der Waals surface area contributed by atoms with Crippen molar-refractivity contribution >= 4 is 5.97 Å². The van der Waals surface area contributed by atoms with Gasteiger partial charge in [0.05, 0.1) is 24.1 Å². The number of hydrogen-bond donors (Lipinski definition) is 1. The van der Waals surface area contributed by atoms with Crippen LogP contribution in [0.2, 0.25) is 0 Å². The number of aryl methyl sites for hydroxylation is 1. The molecule has 0 spiro atoms. The van der Waals surface area contributed by atoms with Crippen LogP contribution in [0, 0.1) is 23.7 Å². The first-order chi connectivity index (χ1) is 9.50. The van der Waals surface area contributed by atoms with E-state index >= 15 is 0 Å². The topological polar surface area (TPSA) is 62.1 Å². The molecule has 0 aromatic heterocycles. The Morgan fingerprint density at radius 1 is 1.50 bits per heavy atom. The van der Waals surface area contributed by atoms with Gasteiger partial charge in [-0.2, -0.15) is 5.26 Å². The molecule has 1 aromatic carbocycles. The van der Waals surface area contributed by atoms with Crippen molar-refractivity contribution in [3.63, 3.8) is 0 Å². The Labute approximate surface area is 119 Å². The number of hydrogen-bond acceptors (Lipinski definition) is 4. The zero-order valence-electron chi connectivity index (χ0n) is 12.1. The molecule has 0 amide bonds. The highest BCUT2D eigenvalue weighted by Gasteiger charge is 2.47. The molecule has 1 saturated heterocycles. The van der Waals surface area contributed by atoms with E-state index in [9.17, 15) is 10.1 Å². The Balaban J connectivity index is 2.25. The van der Waals surface area contributed by atoms with Crippen molar-refractivity contribution in [1.29, 1.82) is 5.26 Å². The van der Waals surface area contributed by atoms with Crippen molar-refractivity contribution in [3.05, 3.63) is 35.4 Å².